The average Bonchev–Trinajstić information content (AvgIpc) is 2.00. The summed E-state index contributed by atoms with van der Waals surface area (Å²) in [5.41, 5.74) is -3.01. The van der Waals surface area contributed by atoms with Crippen LogP contribution in [0.25, 0.3) is 0 Å². The molecule has 2 atom stereocenters. The second-order valence-corrected chi connectivity index (χ2v) is 2.94. The van der Waals surface area contributed by atoms with E-state index in [-0.39, 0.29) is 59.1 Å². The van der Waals surface area contributed by atoms with E-state index >= 15 is 0 Å². The van der Waals surface area contributed by atoms with Crippen molar-refractivity contribution >= 4 is 88.6 Å². The molecule has 0 aliphatic rings. The molecule has 0 bridgehead atoms. The summed E-state index contributed by atoms with van der Waals surface area (Å²) in [6.07, 6.45) is -1.29. The molecule has 0 aromatic heterocycles. The van der Waals surface area contributed by atoms with Gasteiger partial charge in [-0.25, -0.2) is 4.79 Å². The van der Waals surface area contributed by atoms with Gasteiger partial charge in [0.05, 0.1) is 6.42 Å². The molecule has 4 N–H and O–H groups in total. The van der Waals surface area contributed by atoms with Crippen molar-refractivity contribution in [2.75, 3.05) is 0 Å². The topological polar surface area (TPSA) is 132 Å². The van der Waals surface area contributed by atoms with Crippen molar-refractivity contribution in [2.24, 2.45) is 0 Å². The van der Waals surface area contributed by atoms with Crippen molar-refractivity contribution in [2.45, 2.75) is 17.4 Å². The fourth-order valence-electron chi connectivity index (χ4n) is 0.708. The van der Waals surface area contributed by atoms with Crippen molar-refractivity contribution in [3.05, 3.63) is 0 Å². The molecule has 0 fully saturated rings. The van der Waals surface area contributed by atoms with Gasteiger partial charge in [-0.05, 0) is 0 Å². The Kier molecular flexibility index (Phi) is 11.9. The fraction of sp³-hybridized carbons (Fsp3) is 0.500. The van der Waals surface area contributed by atoms with Crippen molar-refractivity contribution in [1.82, 2.24) is 0 Å². The SMILES string of the molecule is O=C(O)CC(O)(C(=O)O)C(Cl)C(=O)O.[NaH].[NaH]. The maximum atomic E-state index is 10.4. The summed E-state index contributed by atoms with van der Waals surface area (Å²) in [5, 5.41) is 32.0. The maximum absolute atomic E-state index is 10.4. The third-order valence-corrected chi connectivity index (χ3v) is 1.97. The van der Waals surface area contributed by atoms with E-state index in [1.54, 1.807) is 0 Å². The van der Waals surface area contributed by atoms with Crippen molar-refractivity contribution in [3.8, 4) is 0 Å². The molecule has 0 radical (unpaired) electrons. The summed E-state index contributed by atoms with van der Waals surface area (Å²) in [5.74, 6) is -5.47. The predicted molar refractivity (Wildman–Crippen MR) is 56.4 cm³/mol. The number of rotatable bonds is 5. The number of halogens is 1. The number of carboxylic acids is 3. The number of carbonyl (C=O) groups is 3. The van der Waals surface area contributed by atoms with Crippen LogP contribution in [0, 0.1) is 0 Å². The van der Waals surface area contributed by atoms with Gasteiger partial charge in [0.2, 0.25) is 0 Å². The minimum atomic E-state index is -3.01. The van der Waals surface area contributed by atoms with Crippen LogP contribution in [0.3, 0.4) is 0 Å². The fourth-order valence-corrected chi connectivity index (χ4v) is 0.879. The monoisotopic (exact) mass is 274 g/mol. The molecule has 0 aliphatic heterocycles. The van der Waals surface area contributed by atoms with Gasteiger partial charge >= 0.3 is 77.0 Å². The van der Waals surface area contributed by atoms with Gasteiger partial charge in [-0.3, -0.25) is 9.59 Å². The van der Waals surface area contributed by atoms with Crippen molar-refractivity contribution in [1.29, 1.82) is 0 Å². The summed E-state index contributed by atoms with van der Waals surface area (Å²) in [7, 11) is 0. The van der Waals surface area contributed by atoms with Crippen LogP contribution in [0.5, 0.6) is 0 Å². The Balaban J connectivity index is -0.000000845. The van der Waals surface area contributed by atoms with E-state index in [1.165, 1.54) is 0 Å². The number of aliphatic hydroxyl groups is 1. The van der Waals surface area contributed by atoms with Gasteiger partial charge in [0.25, 0.3) is 0 Å². The van der Waals surface area contributed by atoms with E-state index in [2.05, 4.69) is 0 Å². The average molecular weight is 275 g/mol. The molecular weight excluding hydrogens is 265 g/mol. The third-order valence-electron chi connectivity index (χ3n) is 1.43. The van der Waals surface area contributed by atoms with E-state index < -0.39 is 35.3 Å². The van der Waals surface area contributed by atoms with E-state index in [0.29, 0.717) is 0 Å². The zero-order chi connectivity index (χ0) is 11.5. The van der Waals surface area contributed by atoms with Crippen LogP contribution in [0.15, 0.2) is 0 Å². The van der Waals surface area contributed by atoms with Crippen LogP contribution in [-0.2, 0) is 14.4 Å². The Morgan fingerprint density at radius 2 is 1.50 bits per heavy atom. The zero-order valence-corrected chi connectivity index (χ0v) is 7.43. The van der Waals surface area contributed by atoms with E-state index in [1.807, 2.05) is 0 Å². The summed E-state index contributed by atoms with van der Waals surface area (Å²) in [6, 6.07) is 0. The summed E-state index contributed by atoms with van der Waals surface area (Å²) < 4.78 is 0. The predicted octanol–water partition coefficient (Wildman–Crippen LogP) is -2.33. The molecule has 7 nitrogen and oxygen atoms in total. The van der Waals surface area contributed by atoms with Crippen molar-refractivity contribution < 1.29 is 34.8 Å². The molecule has 84 valence electrons. The normalized spacial score (nSPS) is 14.6. The van der Waals surface area contributed by atoms with Crippen LogP contribution in [0.1, 0.15) is 6.42 Å². The van der Waals surface area contributed by atoms with Gasteiger partial charge in [0.1, 0.15) is 0 Å². The Hall–Kier alpha value is 0.660. The Labute approximate surface area is 139 Å². The number of hydrogen-bond acceptors (Lipinski definition) is 4. The molecular formula is C6H9ClNa2O7. The molecule has 0 aromatic carbocycles. The van der Waals surface area contributed by atoms with Gasteiger partial charge < -0.3 is 20.4 Å². The minimum absolute atomic E-state index is 0. The summed E-state index contributed by atoms with van der Waals surface area (Å²) in [4.78, 5) is 30.9. The molecule has 0 aliphatic carbocycles. The van der Waals surface area contributed by atoms with Gasteiger partial charge in [-0.1, -0.05) is 0 Å². The first kappa shape index (κ1) is 21.9. The van der Waals surface area contributed by atoms with E-state index in [4.69, 9.17) is 26.9 Å². The molecule has 16 heavy (non-hydrogen) atoms. The molecule has 0 saturated heterocycles. The standard InChI is InChI=1S/C6H7ClO7.2Na.2H/c7-3(4(10)11)6(14,5(12)13)1-2(8)9;;;;/h3,14H,1H2,(H,8,9)(H,10,11)(H,12,13);;;;. The zero-order valence-electron chi connectivity index (χ0n) is 6.68. The Morgan fingerprint density at radius 1 is 1.12 bits per heavy atom. The molecule has 0 saturated carbocycles. The molecule has 0 aromatic rings. The first-order chi connectivity index (χ1) is 6.21. The summed E-state index contributed by atoms with van der Waals surface area (Å²) >= 11 is 5.07. The van der Waals surface area contributed by atoms with Crippen LogP contribution in [0.4, 0.5) is 0 Å². The second-order valence-electron chi connectivity index (χ2n) is 2.50. The Morgan fingerprint density at radius 3 is 1.69 bits per heavy atom. The molecule has 0 amide bonds. The van der Waals surface area contributed by atoms with E-state index in [9.17, 15) is 19.5 Å². The first-order valence-corrected chi connectivity index (χ1v) is 3.70. The van der Waals surface area contributed by atoms with Crippen LogP contribution in [0.2, 0.25) is 0 Å². The first-order valence-electron chi connectivity index (χ1n) is 3.26. The molecule has 10 heteroatoms. The van der Waals surface area contributed by atoms with Gasteiger partial charge in [0.15, 0.2) is 11.0 Å². The van der Waals surface area contributed by atoms with Crippen LogP contribution < -0.4 is 0 Å². The number of alkyl halides is 1. The van der Waals surface area contributed by atoms with E-state index in [0.717, 1.165) is 0 Å². The molecule has 0 spiro atoms. The molecule has 0 heterocycles. The number of carboxylic acid groups (broad SMARTS) is 3. The van der Waals surface area contributed by atoms with Crippen LogP contribution >= 0.6 is 11.6 Å². The molecule has 2 unspecified atom stereocenters. The summed E-state index contributed by atoms with van der Waals surface area (Å²) in [6.45, 7) is 0. The van der Waals surface area contributed by atoms with Gasteiger partial charge in [-0.15, -0.1) is 11.6 Å². The Bertz CT molecular complexity index is 284. The van der Waals surface area contributed by atoms with Gasteiger partial charge in [0, 0.05) is 0 Å². The van der Waals surface area contributed by atoms with Crippen molar-refractivity contribution in [3.63, 3.8) is 0 Å². The van der Waals surface area contributed by atoms with Gasteiger partial charge in [-0.2, -0.15) is 0 Å². The third kappa shape index (κ3) is 5.83. The number of aliphatic carboxylic acids is 3. The second kappa shape index (κ2) is 8.71. The molecule has 0 rings (SSSR count). The number of hydrogen-bond donors (Lipinski definition) is 4. The van der Waals surface area contributed by atoms with Crippen LogP contribution in [-0.4, -0.2) is 108 Å². The quantitative estimate of drug-likeness (QED) is 0.326.